The molecule has 0 aromatic carbocycles. The number of alkyl halides is 1. The van der Waals surface area contributed by atoms with Crippen molar-refractivity contribution in [1.82, 2.24) is 19.9 Å². The molecule has 0 spiro atoms. The Hall–Kier alpha value is -1.09. The van der Waals surface area contributed by atoms with Crippen LogP contribution in [0.5, 0.6) is 6.01 Å². The fraction of sp³-hybridized carbons (Fsp3) is 0.741. The molecule has 2 aliphatic heterocycles. The summed E-state index contributed by atoms with van der Waals surface area (Å²) in [4.78, 5) is 15.9. The second-order valence-electron chi connectivity index (χ2n) is 10.8. The predicted octanol–water partition coefficient (Wildman–Crippen LogP) is 6.18. The molecule has 0 radical (unpaired) electrons. The van der Waals surface area contributed by atoms with Gasteiger partial charge in [0.05, 0.1) is 0 Å². The molecule has 2 aromatic rings. The van der Waals surface area contributed by atoms with Gasteiger partial charge < -0.3 is 0 Å². The van der Waals surface area contributed by atoms with Crippen LogP contribution in [0.2, 0.25) is 13.3 Å². The molecular weight excluding hydrogens is 553 g/mol. The van der Waals surface area contributed by atoms with E-state index in [0.29, 0.717) is 30.5 Å². The molecule has 2 aromatic heterocycles. The van der Waals surface area contributed by atoms with Gasteiger partial charge in [-0.2, -0.15) is 0 Å². The van der Waals surface area contributed by atoms with Crippen LogP contribution >= 0.6 is 0 Å². The van der Waals surface area contributed by atoms with E-state index in [9.17, 15) is 4.39 Å². The number of rotatable bonds is 13. The van der Waals surface area contributed by atoms with Gasteiger partial charge >= 0.3 is 214 Å². The van der Waals surface area contributed by atoms with Gasteiger partial charge in [0.2, 0.25) is 0 Å². The van der Waals surface area contributed by atoms with Gasteiger partial charge in [0.1, 0.15) is 0 Å². The Labute approximate surface area is 213 Å². The number of halogens is 2. The van der Waals surface area contributed by atoms with Crippen LogP contribution < -0.4 is 8.45 Å². The Morgan fingerprint density at radius 3 is 2.37 bits per heavy atom. The van der Waals surface area contributed by atoms with Crippen LogP contribution in [0.15, 0.2) is 12.4 Å². The molecule has 0 N–H and O–H groups in total. The van der Waals surface area contributed by atoms with E-state index in [1.165, 1.54) is 0 Å². The molecule has 0 amide bonds. The zero-order valence-electron chi connectivity index (χ0n) is 21.8. The third kappa shape index (κ3) is 5.76. The molecule has 194 valence electrons. The first-order valence-electron chi connectivity index (χ1n) is 13.8. The minimum atomic E-state index is -3.06. The van der Waals surface area contributed by atoms with Gasteiger partial charge in [-0.1, -0.05) is 0 Å². The van der Waals surface area contributed by atoms with Crippen molar-refractivity contribution in [1.29, 1.82) is 0 Å². The fourth-order valence-corrected chi connectivity index (χ4v) is 21.9. The summed E-state index contributed by atoms with van der Waals surface area (Å²) in [6, 6.07) is 0.188. The van der Waals surface area contributed by atoms with Crippen LogP contribution in [0.1, 0.15) is 78.6 Å². The van der Waals surface area contributed by atoms with Gasteiger partial charge in [0.15, 0.2) is 0 Å². The molecule has 4 heterocycles. The number of unbranched alkanes of at least 4 members (excludes halogenated alkanes) is 3. The maximum absolute atomic E-state index is 16.2. The molecule has 0 bridgehead atoms. The third-order valence-electron chi connectivity index (χ3n) is 8.30. The van der Waals surface area contributed by atoms with Crippen LogP contribution in [0.25, 0.3) is 10.9 Å². The molecule has 2 aliphatic rings. The van der Waals surface area contributed by atoms with E-state index >= 15 is 4.39 Å². The average Bonchev–Trinajstić information content (AvgIpc) is 3.39. The van der Waals surface area contributed by atoms with E-state index in [2.05, 4.69) is 35.6 Å². The average molecular weight is 595 g/mol. The number of ether oxygens (including phenoxy) is 1. The Morgan fingerprint density at radius 2 is 1.71 bits per heavy atom. The van der Waals surface area contributed by atoms with Gasteiger partial charge in [-0.25, -0.2) is 0 Å². The first-order valence-corrected chi connectivity index (χ1v) is 21.3. The van der Waals surface area contributed by atoms with E-state index in [0.717, 1.165) is 74.9 Å². The van der Waals surface area contributed by atoms with Gasteiger partial charge in [0.25, 0.3) is 0 Å². The van der Waals surface area contributed by atoms with Crippen LogP contribution in [0.3, 0.4) is 0 Å². The van der Waals surface area contributed by atoms with Crippen molar-refractivity contribution < 1.29 is 13.5 Å². The monoisotopic (exact) mass is 596 g/mol. The van der Waals surface area contributed by atoms with E-state index in [-0.39, 0.29) is 17.4 Å². The quantitative estimate of drug-likeness (QED) is 0.259. The van der Waals surface area contributed by atoms with E-state index in [1.54, 1.807) is 12.4 Å². The van der Waals surface area contributed by atoms with Crippen molar-refractivity contribution in [2.45, 2.75) is 104 Å². The summed E-state index contributed by atoms with van der Waals surface area (Å²) in [5, 5.41) is 0.616. The Bertz CT molecular complexity index is 971. The van der Waals surface area contributed by atoms with E-state index in [4.69, 9.17) is 9.72 Å². The molecule has 0 saturated carbocycles. The summed E-state index contributed by atoms with van der Waals surface area (Å²) in [5.41, 5.74) is 0.0623. The van der Waals surface area contributed by atoms with Crippen molar-refractivity contribution in [3.05, 3.63) is 18.2 Å². The fourth-order valence-electron chi connectivity index (χ4n) is 6.31. The molecule has 4 rings (SSSR count). The van der Waals surface area contributed by atoms with Crippen molar-refractivity contribution in [3.8, 4) is 6.01 Å². The molecule has 35 heavy (non-hydrogen) atoms. The number of nitrogens with zero attached hydrogens (tertiary/aromatic N) is 4. The van der Waals surface area contributed by atoms with E-state index in [1.807, 2.05) is 0 Å². The summed E-state index contributed by atoms with van der Waals surface area (Å²) >= 11 is -3.06. The number of hydrogen-bond acceptors (Lipinski definition) is 5. The molecule has 2 atom stereocenters. The second kappa shape index (κ2) is 12.0. The topological polar surface area (TPSA) is 51.1 Å². The maximum atomic E-state index is 16.2. The summed E-state index contributed by atoms with van der Waals surface area (Å²) < 4.78 is 40.6. The second-order valence-corrected chi connectivity index (χ2v) is 23.8. The molecule has 0 unspecified atom stereocenters. The molecule has 0 aliphatic carbocycles. The number of aromatic nitrogens is 3. The number of fused-ring (bicyclic) bond motifs is 2. The van der Waals surface area contributed by atoms with Gasteiger partial charge in [0, 0.05) is 0 Å². The predicted molar refractivity (Wildman–Crippen MR) is 140 cm³/mol. The zero-order valence-corrected chi connectivity index (χ0v) is 24.6. The first kappa shape index (κ1) is 27.0. The summed E-state index contributed by atoms with van der Waals surface area (Å²) in [7, 11) is 0. The van der Waals surface area contributed by atoms with Crippen LogP contribution in [-0.4, -0.2) is 69.6 Å². The van der Waals surface area contributed by atoms with Crippen molar-refractivity contribution in [2.75, 3.05) is 19.7 Å². The minimum absolute atomic E-state index is 0.188. The third-order valence-corrected chi connectivity index (χ3v) is 23.4. The first-order chi connectivity index (χ1) is 17.0. The molecule has 2 fully saturated rings. The normalized spacial score (nSPS) is 22.7. The van der Waals surface area contributed by atoms with Gasteiger partial charge in [-0.3, -0.25) is 0 Å². The summed E-state index contributed by atoms with van der Waals surface area (Å²) in [6.45, 7) is 8.40. The molecule has 8 heteroatoms. The molecule has 5 nitrogen and oxygen atoms in total. The van der Waals surface area contributed by atoms with E-state index < -0.39 is 24.5 Å². The number of pyridine rings is 1. The molecular formula is C27H42F2N4OSn. The van der Waals surface area contributed by atoms with Crippen LogP contribution in [0, 0.1) is 5.82 Å². The molecule has 2 saturated heterocycles. The van der Waals surface area contributed by atoms with Crippen LogP contribution in [0.4, 0.5) is 8.78 Å². The Kier molecular flexibility index (Phi) is 9.22. The van der Waals surface area contributed by atoms with Gasteiger partial charge in [-0.05, 0) is 0 Å². The SMILES string of the molecule is CCC[CH2][Sn]([CH2]CCC)([CH2]CCC)[c]1ncc2cnc(OC[C@@]34CCCN3C[C@H](F)C4)nc2c1F. The summed E-state index contributed by atoms with van der Waals surface area (Å²) in [5.74, 6) is -0.237. The van der Waals surface area contributed by atoms with Crippen molar-refractivity contribution >= 4 is 33.0 Å². The Morgan fingerprint density at radius 1 is 1.06 bits per heavy atom. The van der Waals surface area contributed by atoms with Gasteiger partial charge in [-0.15, -0.1) is 0 Å². The zero-order chi connectivity index (χ0) is 24.9. The van der Waals surface area contributed by atoms with Crippen LogP contribution in [-0.2, 0) is 0 Å². The summed E-state index contributed by atoms with van der Waals surface area (Å²) in [6.07, 6.45) is 11.9. The van der Waals surface area contributed by atoms with Crippen molar-refractivity contribution in [2.24, 2.45) is 0 Å². The van der Waals surface area contributed by atoms with Crippen molar-refractivity contribution in [3.63, 3.8) is 0 Å². The number of hydrogen-bond donors (Lipinski definition) is 0. The standard InChI is InChI=1S/C15H15F2N4O.3C4H9.Sn/c16-11-4-15(2-1-3-21(15)8-11)9-22-14-19-6-10-5-18-7-12(17)13(10)20-14;3*1-3-4-2;/h5-6,11H,1-4,8-9H2;3*1,3-4H2,2H3;/t11-,15+;;;;/m1..../s1. The Balaban J connectivity index is 1.64.